The number of alkyl halides is 3. The van der Waals surface area contributed by atoms with E-state index in [1.807, 2.05) is 6.92 Å². The molecule has 0 aliphatic heterocycles. The summed E-state index contributed by atoms with van der Waals surface area (Å²) in [6.07, 6.45) is -2.56. The number of nitrogens with one attached hydrogen (secondary N) is 1. The normalized spacial score (nSPS) is 11.2. The highest BCUT2D eigenvalue weighted by Crippen LogP contribution is 2.31. The molecule has 0 saturated heterocycles. The van der Waals surface area contributed by atoms with Crippen molar-refractivity contribution < 1.29 is 27.4 Å². The van der Waals surface area contributed by atoms with Crippen molar-refractivity contribution in [3.05, 3.63) is 70.7 Å². The van der Waals surface area contributed by atoms with Crippen LogP contribution < -0.4 is 14.8 Å². The second-order valence-corrected chi connectivity index (χ2v) is 7.34. The lowest BCUT2D eigenvalue weighted by Crippen LogP contribution is -2.20. The molecule has 1 aromatic heterocycles. The third kappa shape index (κ3) is 5.96. The van der Waals surface area contributed by atoms with Crippen LogP contribution in [0.25, 0.3) is 0 Å². The fraction of sp³-hybridized carbons (Fsp3) is 0.238. The maximum absolute atomic E-state index is 12.8. The van der Waals surface area contributed by atoms with E-state index in [0.717, 1.165) is 17.0 Å². The number of carbonyl (C=O) groups is 1. The van der Waals surface area contributed by atoms with E-state index in [2.05, 4.69) is 10.3 Å². The van der Waals surface area contributed by atoms with Crippen molar-refractivity contribution >= 4 is 22.4 Å². The number of carbonyl (C=O) groups excluding carboxylic acids is 1. The number of anilines is 1. The molecule has 0 aliphatic carbocycles. The molecular formula is C21H19F3N2O3S. The molecule has 2 aromatic carbocycles. The van der Waals surface area contributed by atoms with Crippen LogP contribution in [0, 0.1) is 0 Å². The molecular weight excluding hydrogens is 417 g/mol. The van der Waals surface area contributed by atoms with Gasteiger partial charge in [-0.15, -0.1) is 11.3 Å². The van der Waals surface area contributed by atoms with E-state index < -0.39 is 17.6 Å². The minimum Gasteiger partial charge on any atom is -0.490 e. The van der Waals surface area contributed by atoms with Crippen LogP contribution >= 0.6 is 11.3 Å². The van der Waals surface area contributed by atoms with E-state index >= 15 is 0 Å². The number of hydrogen-bond acceptors (Lipinski definition) is 5. The third-order valence-corrected chi connectivity index (χ3v) is 4.85. The van der Waals surface area contributed by atoms with Crippen LogP contribution in [0.3, 0.4) is 0 Å². The third-order valence-electron chi connectivity index (χ3n) is 3.94. The minimum absolute atomic E-state index is 0.230. The molecule has 0 spiro atoms. The van der Waals surface area contributed by atoms with Gasteiger partial charge in [-0.1, -0.05) is 30.3 Å². The monoisotopic (exact) mass is 436 g/mol. The summed E-state index contributed by atoms with van der Waals surface area (Å²) in [5, 5.41) is 2.98. The molecule has 0 fully saturated rings. The molecule has 0 radical (unpaired) electrons. The lowest BCUT2D eigenvalue weighted by Gasteiger charge is -2.10. The number of hydrogen-bond donors (Lipinski definition) is 1. The van der Waals surface area contributed by atoms with Gasteiger partial charge in [0.1, 0.15) is 0 Å². The number of benzene rings is 2. The van der Waals surface area contributed by atoms with Gasteiger partial charge in [0.2, 0.25) is 0 Å². The molecule has 158 valence electrons. The first-order chi connectivity index (χ1) is 14.3. The van der Waals surface area contributed by atoms with Gasteiger partial charge in [-0.2, -0.15) is 13.2 Å². The molecule has 3 aromatic rings. The SMILES string of the molecule is CCOc1ccccc1OCC(=O)Nc1ncc(Cc2cccc(C(F)(F)F)c2)s1. The molecule has 3 rings (SSSR count). The van der Waals surface area contributed by atoms with E-state index in [4.69, 9.17) is 9.47 Å². The Morgan fingerprint density at radius 1 is 1.10 bits per heavy atom. The van der Waals surface area contributed by atoms with Gasteiger partial charge in [0, 0.05) is 17.5 Å². The number of halogens is 3. The van der Waals surface area contributed by atoms with Crippen LogP contribution in [-0.2, 0) is 17.4 Å². The number of nitrogens with zero attached hydrogens (tertiary/aromatic N) is 1. The Morgan fingerprint density at radius 3 is 2.53 bits per heavy atom. The molecule has 1 heterocycles. The van der Waals surface area contributed by atoms with E-state index in [9.17, 15) is 18.0 Å². The smallest absolute Gasteiger partial charge is 0.416 e. The number of thiazole rings is 1. The highest BCUT2D eigenvalue weighted by molar-refractivity contribution is 7.15. The molecule has 1 N–H and O–H groups in total. The Hall–Kier alpha value is -3.07. The fourth-order valence-corrected chi connectivity index (χ4v) is 3.51. The summed E-state index contributed by atoms with van der Waals surface area (Å²) in [7, 11) is 0. The van der Waals surface area contributed by atoms with Crippen LogP contribution in [-0.4, -0.2) is 24.1 Å². The zero-order chi connectivity index (χ0) is 21.6. The second kappa shape index (κ2) is 9.62. The van der Waals surface area contributed by atoms with Gasteiger partial charge in [0.25, 0.3) is 5.91 Å². The van der Waals surface area contributed by atoms with Crippen LogP contribution in [0.5, 0.6) is 11.5 Å². The number of para-hydroxylation sites is 2. The summed E-state index contributed by atoms with van der Waals surface area (Å²) in [4.78, 5) is 17.0. The Balaban J connectivity index is 1.56. The van der Waals surface area contributed by atoms with E-state index in [-0.39, 0.29) is 13.0 Å². The van der Waals surface area contributed by atoms with Crippen molar-refractivity contribution in [2.45, 2.75) is 19.5 Å². The first kappa shape index (κ1) is 21.6. The van der Waals surface area contributed by atoms with Crippen LogP contribution in [0.1, 0.15) is 22.9 Å². The molecule has 0 atom stereocenters. The standard InChI is InChI=1S/C21H19F3N2O3S/c1-2-28-17-8-3-4-9-18(17)29-13-19(27)26-20-25-12-16(30-20)11-14-6-5-7-15(10-14)21(22,23)24/h3-10,12H,2,11,13H2,1H3,(H,25,26,27). The molecule has 9 heteroatoms. The first-order valence-corrected chi connectivity index (χ1v) is 9.92. The van der Waals surface area contributed by atoms with Crippen LogP contribution in [0.2, 0.25) is 0 Å². The number of amides is 1. The van der Waals surface area contributed by atoms with Gasteiger partial charge in [0.15, 0.2) is 23.2 Å². The van der Waals surface area contributed by atoms with Crippen LogP contribution in [0.15, 0.2) is 54.7 Å². The summed E-state index contributed by atoms with van der Waals surface area (Å²) in [5.74, 6) is 0.602. The molecule has 0 aliphatic rings. The minimum atomic E-state index is -4.39. The molecule has 0 saturated carbocycles. The number of rotatable bonds is 8. The van der Waals surface area contributed by atoms with Gasteiger partial charge in [-0.25, -0.2) is 4.98 Å². The van der Waals surface area contributed by atoms with Gasteiger partial charge in [-0.3, -0.25) is 10.1 Å². The first-order valence-electron chi connectivity index (χ1n) is 9.10. The van der Waals surface area contributed by atoms with Gasteiger partial charge in [0.05, 0.1) is 12.2 Å². The van der Waals surface area contributed by atoms with Crippen molar-refractivity contribution in [3.63, 3.8) is 0 Å². The predicted octanol–water partition coefficient (Wildman–Crippen LogP) is 5.17. The summed E-state index contributed by atoms with van der Waals surface area (Å²) in [6, 6.07) is 12.2. The van der Waals surface area contributed by atoms with Crippen molar-refractivity contribution in [1.29, 1.82) is 0 Å². The summed E-state index contributed by atoms with van der Waals surface area (Å²) < 4.78 is 49.5. The average molecular weight is 436 g/mol. The zero-order valence-corrected chi connectivity index (χ0v) is 16.8. The van der Waals surface area contributed by atoms with Gasteiger partial charge in [-0.05, 0) is 30.7 Å². The number of ether oxygens (including phenoxy) is 2. The molecule has 0 bridgehead atoms. The van der Waals surface area contributed by atoms with Gasteiger partial charge >= 0.3 is 6.18 Å². The van der Waals surface area contributed by atoms with Crippen LogP contribution in [0.4, 0.5) is 18.3 Å². The Bertz CT molecular complexity index is 1000. The molecule has 5 nitrogen and oxygen atoms in total. The summed E-state index contributed by atoms with van der Waals surface area (Å²) in [5.41, 5.74) is -0.176. The molecule has 30 heavy (non-hydrogen) atoms. The fourth-order valence-electron chi connectivity index (χ4n) is 2.65. The highest BCUT2D eigenvalue weighted by atomic mass is 32.1. The number of aromatic nitrogens is 1. The summed E-state index contributed by atoms with van der Waals surface area (Å²) in [6.45, 7) is 2.09. The van der Waals surface area contributed by atoms with Crippen molar-refractivity contribution in [1.82, 2.24) is 4.98 Å². The lowest BCUT2D eigenvalue weighted by molar-refractivity contribution is -0.137. The van der Waals surface area contributed by atoms with Crippen molar-refractivity contribution in [2.24, 2.45) is 0 Å². The maximum Gasteiger partial charge on any atom is 0.416 e. The predicted molar refractivity (Wildman–Crippen MR) is 108 cm³/mol. The van der Waals surface area contributed by atoms with Crippen molar-refractivity contribution in [2.75, 3.05) is 18.5 Å². The second-order valence-electron chi connectivity index (χ2n) is 6.22. The van der Waals surface area contributed by atoms with Gasteiger partial charge < -0.3 is 9.47 Å². The Labute approximate surface area is 175 Å². The maximum atomic E-state index is 12.8. The topological polar surface area (TPSA) is 60.5 Å². The van der Waals surface area contributed by atoms with E-state index in [1.54, 1.807) is 30.3 Å². The molecule has 0 unspecified atom stereocenters. The summed E-state index contributed by atoms with van der Waals surface area (Å²) >= 11 is 1.20. The quantitative estimate of drug-likeness (QED) is 0.529. The highest BCUT2D eigenvalue weighted by Gasteiger charge is 2.30. The zero-order valence-electron chi connectivity index (χ0n) is 16.0. The van der Waals surface area contributed by atoms with E-state index in [1.165, 1.54) is 23.6 Å². The van der Waals surface area contributed by atoms with E-state index in [0.29, 0.717) is 28.8 Å². The lowest BCUT2D eigenvalue weighted by atomic mass is 10.1. The Morgan fingerprint density at radius 2 is 1.83 bits per heavy atom. The average Bonchev–Trinajstić information content (AvgIpc) is 3.14. The largest absolute Gasteiger partial charge is 0.490 e. The Kier molecular flexibility index (Phi) is 6.94. The van der Waals surface area contributed by atoms with Crippen molar-refractivity contribution in [3.8, 4) is 11.5 Å². The molecule has 1 amide bonds.